The van der Waals surface area contributed by atoms with Gasteiger partial charge in [0, 0.05) is 12.5 Å². The SMILES string of the molecule is CCCn1ncc(OC)c1C(C)CCNCC(C)C. The number of methoxy groups -OCH3 is 1. The van der Waals surface area contributed by atoms with Gasteiger partial charge in [0.2, 0.25) is 0 Å². The van der Waals surface area contributed by atoms with Crippen LogP contribution in [-0.4, -0.2) is 30.0 Å². The van der Waals surface area contributed by atoms with Gasteiger partial charge in [-0.15, -0.1) is 0 Å². The summed E-state index contributed by atoms with van der Waals surface area (Å²) < 4.78 is 7.52. The minimum atomic E-state index is 0.462. The fraction of sp³-hybridized carbons (Fsp3) is 0.800. The molecular formula is C15H29N3O. The quantitative estimate of drug-likeness (QED) is 0.699. The molecule has 0 spiro atoms. The summed E-state index contributed by atoms with van der Waals surface area (Å²) in [5, 5.41) is 7.92. The van der Waals surface area contributed by atoms with Crippen LogP contribution >= 0.6 is 0 Å². The van der Waals surface area contributed by atoms with Crippen molar-refractivity contribution in [3.63, 3.8) is 0 Å². The molecule has 1 N–H and O–H groups in total. The Morgan fingerprint density at radius 1 is 1.37 bits per heavy atom. The Morgan fingerprint density at radius 2 is 2.11 bits per heavy atom. The van der Waals surface area contributed by atoms with Crippen LogP contribution in [0.5, 0.6) is 5.75 Å². The first-order valence-corrected chi connectivity index (χ1v) is 7.40. The molecule has 1 unspecified atom stereocenters. The summed E-state index contributed by atoms with van der Waals surface area (Å²) in [6, 6.07) is 0. The number of aromatic nitrogens is 2. The number of hydrogen-bond acceptors (Lipinski definition) is 3. The average Bonchev–Trinajstić information content (AvgIpc) is 2.77. The number of nitrogens with one attached hydrogen (secondary N) is 1. The van der Waals surface area contributed by atoms with Gasteiger partial charge < -0.3 is 10.1 Å². The van der Waals surface area contributed by atoms with Crippen LogP contribution in [0.4, 0.5) is 0 Å². The molecule has 0 bridgehead atoms. The standard InChI is InChI=1S/C15H29N3O/c1-6-9-18-15(14(19-5)11-17-18)13(4)7-8-16-10-12(2)3/h11-13,16H,6-10H2,1-5H3. The van der Waals surface area contributed by atoms with E-state index in [-0.39, 0.29) is 0 Å². The minimum absolute atomic E-state index is 0.462. The molecule has 0 aliphatic rings. The summed E-state index contributed by atoms with van der Waals surface area (Å²) in [6.07, 6.45) is 4.04. The monoisotopic (exact) mass is 267 g/mol. The third-order valence-electron chi connectivity index (χ3n) is 3.27. The van der Waals surface area contributed by atoms with E-state index in [0.29, 0.717) is 11.8 Å². The van der Waals surface area contributed by atoms with Gasteiger partial charge in [0.15, 0.2) is 5.75 Å². The maximum atomic E-state index is 5.43. The van der Waals surface area contributed by atoms with E-state index in [1.54, 1.807) is 7.11 Å². The van der Waals surface area contributed by atoms with Gasteiger partial charge in [-0.2, -0.15) is 5.10 Å². The van der Waals surface area contributed by atoms with Crippen LogP contribution in [0, 0.1) is 5.92 Å². The maximum Gasteiger partial charge on any atom is 0.160 e. The largest absolute Gasteiger partial charge is 0.493 e. The molecule has 1 rings (SSSR count). The minimum Gasteiger partial charge on any atom is -0.493 e. The van der Waals surface area contributed by atoms with Crippen molar-refractivity contribution in [1.82, 2.24) is 15.1 Å². The van der Waals surface area contributed by atoms with Crippen LogP contribution in [0.2, 0.25) is 0 Å². The Hall–Kier alpha value is -1.03. The highest BCUT2D eigenvalue weighted by Gasteiger charge is 2.17. The number of hydrogen-bond donors (Lipinski definition) is 1. The van der Waals surface area contributed by atoms with Crippen LogP contribution in [0.1, 0.15) is 52.1 Å². The van der Waals surface area contributed by atoms with Crippen LogP contribution in [0.15, 0.2) is 6.20 Å². The van der Waals surface area contributed by atoms with E-state index >= 15 is 0 Å². The highest BCUT2D eigenvalue weighted by Crippen LogP contribution is 2.28. The first-order chi connectivity index (χ1) is 9.10. The summed E-state index contributed by atoms with van der Waals surface area (Å²) in [6.45, 7) is 12.0. The zero-order valence-corrected chi connectivity index (χ0v) is 13.1. The predicted octanol–water partition coefficient (Wildman–Crippen LogP) is 3.04. The van der Waals surface area contributed by atoms with Crippen molar-refractivity contribution in [1.29, 1.82) is 0 Å². The summed E-state index contributed by atoms with van der Waals surface area (Å²) in [5.74, 6) is 2.09. The first kappa shape index (κ1) is 16.0. The van der Waals surface area contributed by atoms with Crippen molar-refractivity contribution >= 4 is 0 Å². The van der Waals surface area contributed by atoms with Crippen molar-refractivity contribution in [3.05, 3.63) is 11.9 Å². The Bertz CT molecular complexity index is 360. The molecule has 0 aliphatic carbocycles. The third-order valence-corrected chi connectivity index (χ3v) is 3.27. The molecule has 1 heterocycles. The van der Waals surface area contributed by atoms with Crippen molar-refractivity contribution < 1.29 is 4.74 Å². The van der Waals surface area contributed by atoms with Crippen molar-refractivity contribution in [2.24, 2.45) is 5.92 Å². The second-order valence-corrected chi connectivity index (χ2v) is 5.61. The van der Waals surface area contributed by atoms with Gasteiger partial charge in [-0.1, -0.05) is 27.7 Å². The molecule has 0 aromatic carbocycles. The Morgan fingerprint density at radius 3 is 2.68 bits per heavy atom. The molecule has 4 heteroatoms. The molecule has 1 aromatic heterocycles. The van der Waals surface area contributed by atoms with Crippen molar-refractivity contribution in [2.75, 3.05) is 20.2 Å². The molecule has 1 aromatic rings. The van der Waals surface area contributed by atoms with Gasteiger partial charge in [0.1, 0.15) is 0 Å². The fourth-order valence-electron chi connectivity index (χ4n) is 2.27. The van der Waals surface area contributed by atoms with Gasteiger partial charge in [-0.25, -0.2) is 0 Å². The topological polar surface area (TPSA) is 39.1 Å². The van der Waals surface area contributed by atoms with Crippen LogP contribution in [0.25, 0.3) is 0 Å². The zero-order chi connectivity index (χ0) is 14.3. The fourth-order valence-corrected chi connectivity index (χ4v) is 2.27. The van der Waals surface area contributed by atoms with Gasteiger partial charge in [-0.05, 0) is 31.8 Å². The normalized spacial score (nSPS) is 12.9. The van der Waals surface area contributed by atoms with E-state index in [9.17, 15) is 0 Å². The molecule has 0 fully saturated rings. The van der Waals surface area contributed by atoms with Crippen molar-refractivity contribution in [2.45, 2.75) is 53.0 Å². The molecule has 19 heavy (non-hydrogen) atoms. The predicted molar refractivity (Wildman–Crippen MR) is 79.8 cm³/mol. The van der Waals surface area contributed by atoms with E-state index in [1.165, 1.54) is 5.69 Å². The molecule has 0 amide bonds. The molecule has 0 saturated carbocycles. The van der Waals surface area contributed by atoms with Gasteiger partial charge in [0.25, 0.3) is 0 Å². The van der Waals surface area contributed by atoms with E-state index in [1.807, 2.05) is 6.20 Å². The lowest BCUT2D eigenvalue weighted by molar-refractivity contribution is 0.398. The van der Waals surface area contributed by atoms with E-state index < -0.39 is 0 Å². The Labute approximate surface area is 117 Å². The molecule has 110 valence electrons. The summed E-state index contributed by atoms with van der Waals surface area (Å²) >= 11 is 0. The molecule has 0 radical (unpaired) electrons. The molecule has 0 aliphatic heterocycles. The van der Waals surface area contributed by atoms with Crippen LogP contribution < -0.4 is 10.1 Å². The van der Waals surface area contributed by atoms with E-state index in [2.05, 4.69) is 42.8 Å². The second kappa shape index (κ2) is 8.20. The molecule has 4 nitrogen and oxygen atoms in total. The maximum absolute atomic E-state index is 5.43. The lowest BCUT2D eigenvalue weighted by Crippen LogP contribution is -2.22. The van der Waals surface area contributed by atoms with Crippen LogP contribution in [0.3, 0.4) is 0 Å². The summed E-state index contributed by atoms with van der Waals surface area (Å²) in [5.41, 5.74) is 1.23. The first-order valence-electron chi connectivity index (χ1n) is 7.40. The zero-order valence-electron chi connectivity index (χ0n) is 13.1. The molecule has 0 saturated heterocycles. The number of aryl methyl sites for hydroxylation is 1. The number of ether oxygens (including phenoxy) is 1. The molecule has 1 atom stereocenters. The lowest BCUT2D eigenvalue weighted by atomic mass is 10.0. The van der Waals surface area contributed by atoms with Gasteiger partial charge in [-0.3, -0.25) is 4.68 Å². The Balaban J connectivity index is 2.58. The number of nitrogens with zero attached hydrogens (tertiary/aromatic N) is 2. The average molecular weight is 267 g/mol. The Kier molecular flexibility index (Phi) is 6.92. The van der Waals surface area contributed by atoms with Crippen molar-refractivity contribution in [3.8, 4) is 5.75 Å². The van der Waals surface area contributed by atoms with Gasteiger partial charge in [0.05, 0.1) is 19.0 Å². The number of rotatable bonds is 9. The summed E-state index contributed by atoms with van der Waals surface area (Å²) in [4.78, 5) is 0. The third kappa shape index (κ3) is 4.86. The highest BCUT2D eigenvalue weighted by atomic mass is 16.5. The summed E-state index contributed by atoms with van der Waals surface area (Å²) in [7, 11) is 1.72. The smallest absolute Gasteiger partial charge is 0.160 e. The van der Waals surface area contributed by atoms with E-state index in [0.717, 1.165) is 38.2 Å². The van der Waals surface area contributed by atoms with Gasteiger partial charge >= 0.3 is 0 Å². The lowest BCUT2D eigenvalue weighted by Gasteiger charge is -2.16. The van der Waals surface area contributed by atoms with Crippen LogP contribution in [-0.2, 0) is 6.54 Å². The highest BCUT2D eigenvalue weighted by molar-refractivity contribution is 5.28. The second-order valence-electron chi connectivity index (χ2n) is 5.61. The molecular weight excluding hydrogens is 238 g/mol. The van der Waals surface area contributed by atoms with E-state index in [4.69, 9.17) is 4.74 Å².